The Bertz CT molecular complexity index is 1450. The Morgan fingerprint density at radius 3 is 2.41 bits per heavy atom. The number of nitrogens with zero attached hydrogens (tertiary/aromatic N) is 1. The lowest BCUT2D eigenvalue weighted by Crippen LogP contribution is -2.37. The number of halogens is 1. The van der Waals surface area contributed by atoms with Gasteiger partial charge in [-0.3, -0.25) is 4.31 Å². The van der Waals surface area contributed by atoms with E-state index in [-0.39, 0.29) is 10.8 Å². The van der Waals surface area contributed by atoms with Gasteiger partial charge in [-0.25, -0.2) is 13.2 Å². The number of hydrogen-bond donors (Lipinski definition) is 1. The molecule has 1 aliphatic rings. The molecule has 1 N–H and O–H groups in total. The molecule has 3 aromatic carbocycles. The second-order valence-corrected chi connectivity index (χ2v) is 13.1. The normalized spacial score (nSPS) is 15.3. The number of hydrogen-bond acceptors (Lipinski definition) is 5. The molecule has 0 fully saturated rings. The van der Waals surface area contributed by atoms with Crippen LogP contribution in [0.2, 0.25) is 5.02 Å². The van der Waals surface area contributed by atoms with Gasteiger partial charge in [-0.2, -0.15) is 0 Å². The highest BCUT2D eigenvalue weighted by Gasteiger charge is 2.31. The minimum atomic E-state index is -3.90. The van der Waals surface area contributed by atoms with Crippen molar-refractivity contribution in [1.82, 2.24) is 5.32 Å². The Morgan fingerprint density at radius 1 is 1.05 bits per heavy atom. The van der Waals surface area contributed by atoms with Gasteiger partial charge in [0.15, 0.2) is 0 Å². The first-order valence-electron chi connectivity index (χ1n) is 12.9. The molecular formula is C30H35ClN2O5S. The molecule has 0 bridgehead atoms. The summed E-state index contributed by atoms with van der Waals surface area (Å²) in [5.74, 6) is 0.879. The molecule has 0 aliphatic heterocycles. The number of ether oxygens (including phenoxy) is 2. The van der Waals surface area contributed by atoms with E-state index in [2.05, 4.69) is 5.32 Å². The predicted octanol–water partition coefficient (Wildman–Crippen LogP) is 6.47. The number of rotatable bonds is 7. The maximum Gasteiger partial charge on any atom is 0.407 e. The lowest BCUT2D eigenvalue weighted by molar-refractivity contribution is 0.0517. The van der Waals surface area contributed by atoms with Gasteiger partial charge in [0.05, 0.1) is 17.7 Å². The zero-order chi connectivity index (χ0) is 28.4. The number of nitrogens with one attached hydrogen (secondary N) is 1. The smallest absolute Gasteiger partial charge is 0.407 e. The third-order valence-corrected chi connectivity index (χ3v) is 8.91. The van der Waals surface area contributed by atoms with Crippen LogP contribution in [0.3, 0.4) is 0 Å². The van der Waals surface area contributed by atoms with Crippen LogP contribution in [-0.4, -0.2) is 40.8 Å². The molecular weight excluding hydrogens is 536 g/mol. The summed E-state index contributed by atoms with van der Waals surface area (Å²) < 4.78 is 40.4. The average Bonchev–Trinajstić information content (AvgIpc) is 2.90. The van der Waals surface area contributed by atoms with Crippen molar-refractivity contribution in [3.8, 4) is 16.9 Å². The van der Waals surface area contributed by atoms with E-state index >= 15 is 0 Å². The Kier molecular flexibility index (Phi) is 8.47. The van der Waals surface area contributed by atoms with Gasteiger partial charge < -0.3 is 14.8 Å². The van der Waals surface area contributed by atoms with Crippen LogP contribution in [0.25, 0.3) is 11.1 Å². The molecule has 3 aromatic rings. The van der Waals surface area contributed by atoms with E-state index in [0.717, 1.165) is 23.1 Å². The summed E-state index contributed by atoms with van der Waals surface area (Å²) in [6, 6.07) is 17.7. The van der Waals surface area contributed by atoms with Crippen LogP contribution in [0.5, 0.6) is 5.75 Å². The second-order valence-electron chi connectivity index (χ2n) is 10.7. The molecule has 0 radical (unpaired) electrons. The number of anilines is 1. The summed E-state index contributed by atoms with van der Waals surface area (Å²) in [5.41, 5.74) is 3.34. The molecule has 0 heterocycles. The van der Waals surface area contributed by atoms with Gasteiger partial charge in [-0.1, -0.05) is 41.9 Å². The Balaban J connectivity index is 1.63. The van der Waals surface area contributed by atoms with Crippen LogP contribution in [0.1, 0.15) is 38.3 Å². The van der Waals surface area contributed by atoms with Crippen LogP contribution in [0.4, 0.5) is 10.5 Å². The first-order chi connectivity index (χ1) is 18.4. The van der Waals surface area contributed by atoms with Crippen molar-refractivity contribution in [3.05, 3.63) is 76.8 Å². The zero-order valence-electron chi connectivity index (χ0n) is 23.0. The topological polar surface area (TPSA) is 84.9 Å². The van der Waals surface area contributed by atoms with Crippen molar-refractivity contribution in [2.75, 3.05) is 25.0 Å². The van der Waals surface area contributed by atoms with E-state index < -0.39 is 21.7 Å². The maximum atomic E-state index is 14.0. The summed E-state index contributed by atoms with van der Waals surface area (Å²) in [4.78, 5) is 12.4. The Hall–Kier alpha value is -3.23. The number of amides is 1. The largest absolute Gasteiger partial charge is 0.496 e. The number of carbonyl (C=O) groups is 1. The van der Waals surface area contributed by atoms with Crippen molar-refractivity contribution in [3.63, 3.8) is 0 Å². The zero-order valence-corrected chi connectivity index (χ0v) is 24.5. The fourth-order valence-electron chi connectivity index (χ4n) is 4.94. The van der Waals surface area contributed by atoms with E-state index in [9.17, 15) is 13.2 Å². The maximum absolute atomic E-state index is 14.0. The molecule has 1 aliphatic carbocycles. The van der Waals surface area contributed by atoms with Crippen molar-refractivity contribution >= 4 is 33.4 Å². The van der Waals surface area contributed by atoms with E-state index in [0.29, 0.717) is 41.4 Å². The molecule has 208 valence electrons. The van der Waals surface area contributed by atoms with Gasteiger partial charge in [0.25, 0.3) is 10.0 Å². The van der Waals surface area contributed by atoms with Crippen LogP contribution in [0.15, 0.2) is 65.6 Å². The molecule has 0 saturated carbocycles. The molecule has 39 heavy (non-hydrogen) atoms. The lowest BCUT2D eigenvalue weighted by Gasteiger charge is -2.31. The molecule has 4 rings (SSSR count). The fourth-order valence-corrected chi connectivity index (χ4v) is 6.51. The molecule has 1 amide bonds. The highest BCUT2D eigenvalue weighted by molar-refractivity contribution is 7.93. The first kappa shape index (κ1) is 28.8. The highest BCUT2D eigenvalue weighted by atomic mass is 35.5. The molecule has 0 saturated heterocycles. The minimum Gasteiger partial charge on any atom is -0.496 e. The summed E-state index contributed by atoms with van der Waals surface area (Å²) in [7, 11) is -0.699. The number of fused-ring (bicyclic) bond motifs is 1. The van der Waals surface area contributed by atoms with Crippen LogP contribution < -0.4 is 14.4 Å². The van der Waals surface area contributed by atoms with E-state index in [1.165, 1.54) is 4.31 Å². The number of sulfonamides is 1. The number of methoxy groups -OCH3 is 1. The van der Waals surface area contributed by atoms with E-state index in [4.69, 9.17) is 21.1 Å². The van der Waals surface area contributed by atoms with Crippen LogP contribution in [-0.2, 0) is 27.6 Å². The predicted molar refractivity (Wildman–Crippen MR) is 155 cm³/mol. The number of benzene rings is 3. The minimum absolute atomic E-state index is 0.168. The summed E-state index contributed by atoms with van der Waals surface area (Å²) in [6.45, 7) is 5.95. The molecule has 1 atom stereocenters. The van der Waals surface area contributed by atoms with Gasteiger partial charge in [-0.15, -0.1) is 0 Å². The van der Waals surface area contributed by atoms with Crippen molar-refractivity contribution in [1.29, 1.82) is 0 Å². The summed E-state index contributed by atoms with van der Waals surface area (Å²) >= 11 is 6.06. The lowest BCUT2D eigenvalue weighted by atomic mass is 9.82. The van der Waals surface area contributed by atoms with Crippen LogP contribution in [0, 0.1) is 5.92 Å². The second kappa shape index (κ2) is 11.5. The van der Waals surface area contributed by atoms with Crippen molar-refractivity contribution < 1.29 is 22.7 Å². The van der Waals surface area contributed by atoms with Crippen LogP contribution >= 0.6 is 11.6 Å². The van der Waals surface area contributed by atoms with E-state index in [1.807, 2.05) is 45.0 Å². The Labute approximate surface area is 236 Å². The van der Waals surface area contributed by atoms with Gasteiger partial charge in [0.1, 0.15) is 11.4 Å². The average molecular weight is 571 g/mol. The van der Waals surface area contributed by atoms with Gasteiger partial charge >= 0.3 is 6.09 Å². The third-order valence-electron chi connectivity index (χ3n) is 6.83. The van der Waals surface area contributed by atoms with Gasteiger partial charge in [-0.05, 0) is 93.0 Å². The Morgan fingerprint density at radius 2 is 1.74 bits per heavy atom. The summed E-state index contributed by atoms with van der Waals surface area (Å²) in [5, 5.41) is 3.45. The highest BCUT2D eigenvalue weighted by Crippen LogP contribution is 2.40. The first-order valence-corrected chi connectivity index (χ1v) is 14.7. The molecule has 0 aromatic heterocycles. The van der Waals surface area contributed by atoms with Crippen molar-refractivity contribution in [2.45, 2.75) is 50.5 Å². The molecule has 7 nitrogen and oxygen atoms in total. The van der Waals surface area contributed by atoms with Gasteiger partial charge in [0.2, 0.25) is 0 Å². The molecule has 0 spiro atoms. The SMILES string of the molecule is COc1ccc(N(C)S(=O)(=O)c2ccccc2-c2ccc(Cl)cc2)c2c1C[C@@H](CNC(=O)OC(C)(C)C)CC2. The third kappa shape index (κ3) is 6.50. The standard InChI is InChI=1S/C30H35ClN2O5S/c1-30(2,3)38-29(34)32-19-20-10-15-24-25(18-20)27(37-5)17-16-26(24)33(4)39(35,36)28-9-7-6-8-23(28)21-11-13-22(31)14-12-21/h6-9,11-14,16-17,20H,10,15,18-19H2,1-5H3,(H,32,34)/t20-/m0/s1. The monoisotopic (exact) mass is 570 g/mol. The summed E-state index contributed by atoms with van der Waals surface area (Å²) in [6.07, 6.45) is 1.65. The van der Waals surface area contributed by atoms with Crippen molar-refractivity contribution in [2.24, 2.45) is 5.92 Å². The fraction of sp³-hybridized carbons (Fsp3) is 0.367. The molecule has 0 unspecified atom stereocenters. The quantitative estimate of drug-likeness (QED) is 0.352. The van der Waals surface area contributed by atoms with Gasteiger partial charge in [0, 0.05) is 24.2 Å². The van der Waals surface area contributed by atoms with E-state index in [1.54, 1.807) is 50.6 Å². The number of alkyl carbamates (subject to hydrolysis) is 1. The molecule has 9 heteroatoms. The number of carbonyl (C=O) groups excluding carboxylic acids is 1.